The molecule has 23 heavy (non-hydrogen) atoms. The predicted octanol–water partition coefficient (Wildman–Crippen LogP) is 6.06. The fraction of sp³-hybridized carbons (Fsp3) is 0.857. The minimum absolute atomic E-state index is 1.20. The van der Waals surface area contributed by atoms with Crippen molar-refractivity contribution < 1.29 is 4.57 Å². The molecular formula is C21H41N2+. The van der Waals surface area contributed by atoms with Crippen LogP contribution in [-0.4, -0.2) is 4.57 Å². The average Bonchev–Trinajstić information content (AvgIpc) is 2.93. The Morgan fingerprint density at radius 1 is 0.739 bits per heavy atom. The molecule has 0 N–H and O–H groups in total. The van der Waals surface area contributed by atoms with Crippen LogP contribution in [0.2, 0.25) is 0 Å². The number of aryl methyl sites for hydroxylation is 2. The van der Waals surface area contributed by atoms with Gasteiger partial charge in [0.1, 0.15) is 12.4 Å². The highest BCUT2D eigenvalue weighted by molar-refractivity contribution is 4.84. The van der Waals surface area contributed by atoms with Gasteiger partial charge in [0.15, 0.2) is 0 Å². The lowest BCUT2D eigenvalue weighted by Gasteiger charge is -2.05. The molecule has 0 unspecified atom stereocenters. The van der Waals surface area contributed by atoms with Crippen LogP contribution in [0.4, 0.5) is 0 Å². The maximum Gasteiger partial charge on any atom is 0.256 e. The molecule has 1 aromatic heterocycles. The van der Waals surface area contributed by atoms with E-state index < -0.39 is 0 Å². The normalized spacial score (nSPS) is 11.3. The van der Waals surface area contributed by atoms with Gasteiger partial charge in [-0.1, -0.05) is 65.7 Å². The molecule has 2 heteroatoms. The quantitative estimate of drug-likeness (QED) is 0.274. The molecule has 0 saturated carbocycles. The van der Waals surface area contributed by atoms with Crippen LogP contribution in [0.1, 0.15) is 104 Å². The van der Waals surface area contributed by atoms with Crippen molar-refractivity contribution in [1.29, 1.82) is 0 Å². The third-order valence-electron chi connectivity index (χ3n) is 4.82. The zero-order valence-corrected chi connectivity index (χ0v) is 16.2. The molecule has 0 aromatic carbocycles. The Kier molecular flexibility index (Phi) is 12.0. The van der Waals surface area contributed by atoms with E-state index in [9.17, 15) is 0 Å². The van der Waals surface area contributed by atoms with Gasteiger partial charge < -0.3 is 0 Å². The van der Waals surface area contributed by atoms with Gasteiger partial charge in [0.05, 0.1) is 13.1 Å². The third-order valence-corrected chi connectivity index (χ3v) is 4.82. The number of aromatic nitrogens is 2. The van der Waals surface area contributed by atoms with Gasteiger partial charge in [-0.05, 0) is 32.1 Å². The lowest BCUT2D eigenvalue weighted by Crippen LogP contribution is -2.37. The zero-order chi connectivity index (χ0) is 16.8. The van der Waals surface area contributed by atoms with Crippen LogP contribution in [0, 0.1) is 0 Å². The van der Waals surface area contributed by atoms with Crippen LogP contribution >= 0.6 is 0 Å². The number of nitrogens with zero attached hydrogens (tertiary/aromatic N) is 2. The summed E-state index contributed by atoms with van der Waals surface area (Å²) in [6.07, 6.45) is 22.3. The van der Waals surface area contributed by atoms with Gasteiger partial charge in [-0.25, -0.2) is 9.13 Å². The summed E-state index contributed by atoms with van der Waals surface area (Å²) < 4.78 is 5.02. The van der Waals surface area contributed by atoms with Crippen molar-refractivity contribution in [3.8, 4) is 0 Å². The number of hydrogen-bond acceptors (Lipinski definition) is 0. The SMILES string of the molecule is CCCCCCCCCC[n+]1ccn(CCCCC)c1CCC. The maximum absolute atomic E-state index is 2.52. The Labute approximate surface area is 145 Å². The second-order valence-electron chi connectivity index (χ2n) is 7.03. The number of rotatable bonds is 15. The van der Waals surface area contributed by atoms with Crippen LogP contribution in [0.15, 0.2) is 12.4 Å². The van der Waals surface area contributed by atoms with Gasteiger partial charge in [-0.2, -0.15) is 0 Å². The summed E-state index contributed by atoms with van der Waals surface area (Å²) in [4.78, 5) is 0. The van der Waals surface area contributed by atoms with Gasteiger partial charge in [0.25, 0.3) is 5.82 Å². The van der Waals surface area contributed by atoms with Gasteiger partial charge >= 0.3 is 0 Å². The van der Waals surface area contributed by atoms with E-state index in [1.54, 1.807) is 5.82 Å². The van der Waals surface area contributed by atoms with E-state index in [1.165, 1.54) is 96.6 Å². The molecule has 0 aliphatic heterocycles. The summed E-state index contributed by atoms with van der Waals surface area (Å²) in [5, 5.41) is 0. The molecule has 134 valence electrons. The van der Waals surface area contributed by atoms with E-state index in [-0.39, 0.29) is 0 Å². The van der Waals surface area contributed by atoms with Crippen molar-refractivity contribution >= 4 is 0 Å². The third kappa shape index (κ3) is 8.58. The number of hydrogen-bond donors (Lipinski definition) is 0. The second-order valence-corrected chi connectivity index (χ2v) is 7.03. The first kappa shape index (κ1) is 20.3. The molecule has 1 rings (SSSR count). The Morgan fingerprint density at radius 3 is 2.00 bits per heavy atom. The second kappa shape index (κ2) is 13.6. The summed E-state index contributed by atoms with van der Waals surface area (Å²) in [6.45, 7) is 9.28. The van der Waals surface area contributed by atoms with E-state index >= 15 is 0 Å². The van der Waals surface area contributed by atoms with Crippen LogP contribution < -0.4 is 4.57 Å². The fourth-order valence-electron chi connectivity index (χ4n) is 3.36. The summed E-state index contributed by atoms with van der Waals surface area (Å²) in [5.41, 5.74) is 0. The Morgan fingerprint density at radius 2 is 1.35 bits per heavy atom. The number of unbranched alkanes of at least 4 members (excludes halogenated alkanes) is 9. The molecule has 0 saturated heterocycles. The van der Waals surface area contributed by atoms with Gasteiger partial charge in [-0.3, -0.25) is 0 Å². The largest absolute Gasteiger partial charge is 0.256 e. The first-order valence-corrected chi connectivity index (χ1v) is 10.4. The zero-order valence-electron chi connectivity index (χ0n) is 16.2. The molecule has 0 atom stereocenters. The molecule has 0 aliphatic rings. The molecular weight excluding hydrogens is 280 g/mol. The van der Waals surface area contributed by atoms with Crippen molar-refractivity contribution in [1.82, 2.24) is 4.57 Å². The topological polar surface area (TPSA) is 8.81 Å². The lowest BCUT2D eigenvalue weighted by molar-refractivity contribution is -0.704. The monoisotopic (exact) mass is 321 g/mol. The standard InChI is InChI=1S/C21H41N2/c1-4-7-9-10-11-12-13-15-18-23-20-19-22(17-14-8-5-2)21(23)16-6-3/h19-20H,4-18H2,1-3H3/q+1. The van der Waals surface area contributed by atoms with Crippen molar-refractivity contribution in [2.45, 2.75) is 117 Å². The molecule has 0 aliphatic carbocycles. The maximum atomic E-state index is 2.52. The van der Waals surface area contributed by atoms with Crippen LogP contribution in [0.3, 0.4) is 0 Å². The van der Waals surface area contributed by atoms with Crippen LogP contribution in [0.25, 0.3) is 0 Å². The van der Waals surface area contributed by atoms with Gasteiger partial charge in [-0.15, -0.1) is 0 Å². The van der Waals surface area contributed by atoms with Crippen LogP contribution in [0.5, 0.6) is 0 Å². The lowest BCUT2D eigenvalue weighted by atomic mass is 10.1. The smallest absolute Gasteiger partial charge is 0.234 e. The highest BCUT2D eigenvalue weighted by Gasteiger charge is 2.15. The first-order valence-electron chi connectivity index (χ1n) is 10.4. The molecule has 0 amide bonds. The van der Waals surface area contributed by atoms with Crippen molar-refractivity contribution in [2.24, 2.45) is 0 Å². The Balaban J connectivity index is 2.29. The minimum Gasteiger partial charge on any atom is -0.234 e. The highest BCUT2D eigenvalue weighted by atomic mass is 15.1. The summed E-state index contributed by atoms with van der Waals surface area (Å²) in [6, 6.07) is 0. The predicted molar refractivity (Wildman–Crippen MR) is 101 cm³/mol. The first-order chi connectivity index (χ1) is 11.3. The van der Waals surface area contributed by atoms with E-state index in [0.29, 0.717) is 0 Å². The molecule has 1 heterocycles. The van der Waals surface area contributed by atoms with Gasteiger partial charge in [0, 0.05) is 6.42 Å². The summed E-state index contributed by atoms with van der Waals surface area (Å²) >= 11 is 0. The van der Waals surface area contributed by atoms with E-state index in [1.807, 2.05) is 0 Å². The fourth-order valence-corrected chi connectivity index (χ4v) is 3.36. The summed E-state index contributed by atoms with van der Waals surface area (Å²) in [7, 11) is 0. The molecule has 2 nitrogen and oxygen atoms in total. The molecule has 0 spiro atoms. The van der Waals surface area contributed by atoms with E-state index in [0.717, 1.165) is 0 Å². The Hall–Kier alpha value is -0.790. The molecule has 0 radical (unpaired) electrons. The molecule has 1 aromatic rings. The van der Waals surface area contributed by atoms with Gasteiger partial charge in [0.2, 0.25) is 0 Å². The van der Waals surface area contributed by atoms with E-state index in [4.69, 9.17) is 0 Å². The van der Waals surface area contributed by atoms with Crippen molar-refractivity contribution in [3.05, 3.63) is 18.2 Å². The highest BCUT2D eigenvalue weighted by Crippen LogP contribution is 2.09. The Bertz CT molecular complexity index is 381. The average molecular weight is 322 g/mol. The number of imidazole rings is 1. The minimum atomic E-state index is 1.20. The molecule has 0 bridgehead atoms. The molecule has 0 fully saturated rings. The van der Waals surface area contributed by atoms with Crippen LogP contribution in [-0.2, 0) is 19.5 Å². The van der Waals surface area contributed by atoms with Crippen molar-refractivity contribution in [3.63, 3.8) is 0 Å². The summed E-state index contributed by atoms with van der Waals surface area (Å²) in [5.74, 6) is 1.55. The van der Waals surface area contributed by atoms with Crippen molar-refractivity contribution in [2.75, 3.05) is 0 Å². The van der Waals surface area contributed by atoms with E-state index in [2.05, 4.69) is 42.3 Å².